The lowest BCUT2D eigenvalue weighted by Crippen LogP contribution is -2.32. The topological polar surface area (TPSA) is 15.3 Å². The van der Waals surface area contributed by atoms with Gasteiger partial charge in [0.05, 0.1) is 0 Å². The summed E-state index contributed by atoms with van der Waals surface area (Å²) in [5, 5.41) is 3.52. The maximum atomic E-state index is 3.52. The average Bonchev–Trinajstić information content (AvgIpc) is 2.70. The quantitative estimate of drug-likeness (QED) is 0.774. The van der Waals surface area contributed by atoms with E-state index < -0.39 is 0 Å². The normalized spacial score (nSPS) is 16.1. The van der Waals surface area contributed by atoms with Crippen molar-refractivity contribution in [2.24, 2.45) is 5.92 Å². The summed E-state index contributed by atoms with van der Waals surface area (Å²) in [6.07, 6.45) is 4.34. The van der Waals surface area contributed by atoms with Crippen LogP contribution >= 0.6 is 11.3 Å². The Bertz CT molecular complexity index is 407. The van der Waals surface area contributed by atoms with Gasteiger partial charge in [-0.15, -0.1) is 11.3 Å². The van der Waals surface area contributed by atoms with Gasteiger partial charge in [-0.3, -0.25) is 4.90 Å². The van der Waals surface area contributed by atoms with Crippen molar-refractivity contribution in [2.45, 2.75) is 66.1 Å². The molecule has 0 unspecified atom stereocenters. The second-order valence-electron chi connectivity index (χ2n) is 6.45. The summed E-state index contributed by atoms with van der Waals surface area (Å²) in [4.78, 5) is 5.60. The Balaban J connectivity index is 1.89. The number of nitrogens with zero attached hydrogens (tertiary/aromatic N) is 1. The third-order valence-electron chi connectivity index (χ3n) is 4.34. The molecule has 20 heavy (non-hydrogen) atoms. The average molecular weight is 295 g/mol. The van der Waals surface area contributed by atoms with Crippen molar-refractivity contribution in [1.82, 2.24) is 10.2 Å². The molecule has 3 heteroatoms. The minimum Gasteiger partial charge on any atom is -0.310 e. The smallest absolute Gasteiger partial charge is 0.0302 e. The van der Waals surface area contributed by atoms with Gasteiger partial charge in [0, 0.05) is 35.4 Å². The van der Waals surface area contributed by atoms with Crippen molar-refractivity contribution < 1.29 is 0 Å². The van der Waals surface area contributed by atoms with Crippen LogP contribution in [0, 0.1) is 12.8 Å². The molecule has 0 bridgehead atoms. The fourth-order valence-electron chi connectivity index (χ4n) is 2.72. The van der Waals surface area contributed by atoms with Gasteiger partial charge in [0.25, 0.3) is 0 Å². The standard InChI is InChI=1S/C17H30N2S/c1-5-19(11-15-7-6-8-15)12-16-9-17(20-14(16)4)10-18-13(2)3/h9,13,15,18H,5-8,10-12H2,1-4H3. The molecule has 1 N–H and O–H groups in total. The molecule has 114 valence electrons. The largest absolute Gasteiger partial charge is 0.310 e. The molecule has 0 atom stereocenters. The number of nitrogens with one attached hydrogen (secondary N) is 1. The van der Waals surface area contributed by atoms with Crippen LogP contribution < -0.4 is 5.32 Å². The molecule has 1 aliphatic rings. The predicted molar refractivity (Wildman–Crippen MR) is 89.3 cm³/mol. The number of hydrogen-bond acceptors (Lipinski definition) is 3. The summed E-state index contributed by atoms with van der Waals surface area (Å²) in [6.45, 7) is 13.6. The van der Waals surface area contributed by atoms with Gasteiger partial charge in [-0.25, -0.2) is 0 Å². The molecule has 1 aliphatic carbocycles. The predicted octanol–water partition coefficient (Wildman–Crippen LogP) is 4.18. The Hall–Kier alpha value is -0.380. The van der Waals surface area contributed by atoms with Crippen LogP contribution in [0.5, 0.6) is 0 Å². The number of rotatable bonds is 8. The van der Waals surface area contributed by atoms with Crippen LogP contribution in [0.4, 0.5) is 0 Å². The van der Waals surface area contributed by atoms with Crippen molar-refractivity contribution in [3.8, 4) is 0 Å². The lowest BCUT2D eigenvalue weighted by molar-refractivity contribution is 0.178. The summed E-state index contributed by atoms with van der Waals surface area (Å²) in [6, 6.07) is 2.98. The van der Waals surface area contributed by atoms with E-state index in [2.05, 4.69) is 44.0 Å². The maximum absolute atomic E-state index is 3.52. The third kappa shape index (κ3) is 4.57. The lowest BCUT2D eigenvalue weighted by atomic mass is 9.85. The number of hydrogen-bond donors (Lipinski definition) is 1. The highest BCUT2D eigenvalue weighted by Crippen LogP contribution is 2.28. The van der Waals surface area contributed by atoms with Crippen molar-refractivity contribution in [2.75, 3.05) is 13.1 Å². The van der Waals surface area contributed by atoms with Crippen LogP contribution in [0.15, 0.2) is 6.07 Å². The highest BCUT2D eigenvalue weighted by molar-refractivity contribution is 7.12. The summed E-state index contributed by atoms with van der Waals surface area (Å²) in [7, 11) is 0. The van der Waals surface area contributed by atoms with E-state index in [-0.39, 0.29) is 0 Å². The van der Waals surface area contributed by atoms with Crippen LogP contribution in [0.2, 0.25) is 0 Å². The Morgan fingerprint density at radius 2 is 2.15 bits per heavy atom. The van der Waals surface area contributed by atoms with Gasteiger partial charge in [-0.1, -0.05) is 27.2 Å². The molecule has 0 saturated heterocycles. The molecule has 0 amide bonds. The van der Waals surface area contributed by atoms with Gasteiger partial charge in [0.1, 0.15) is 0 Å². The summed E-state index contributed by atoms with van der Waals surface area (Å²) in [5.41, 5.74) is 1.54. The van der Waals surface area contributed by atoms with E-state index in [1.165, 1.54) is 47.7 Å². The molecule has 0 spiro atoms. The zero-order valence-electron chi connectivity index (χ0n) is 13.5. The van der Waals surface area contributed by atoms with E-state index in [0.717, 1.165) is 19.0 Å². The molecule has 1 saturated carbocycles. The zero-order chi connectivity index (χ0) is 14.5. The van der Waals surface area contributed by atoms with E-state index >= 15 is 0 Å². The van der Waals surface area contributed by atoms with Gasteiger partial charge in [-0.05, 0) is 43.9 Å². The van der Waals surface area contributed by atoms with Gasteiger partial charge >= 0.3 is 0 Å². The van der Waals surface area contributed by atoms with E-state index in [9.17, 15) is 0 Å². The molecule has 0 radical (unpaired) electrons. The molecule has 1 heterocycles. The zero-order valence-corrected chi connectivity index (χ0v) is 14.4. The Morgan fingerprint density at radius 3 is 2.70 bits per heavy atom. The van der Waals surface area contributed by atoms with Crippen LogP contribution in [0.25, 0.3) is 0 Å². The van der Waals surface area contributed by atoms with E-state index in [1.807, 2.05) is 11.3 Å². The minimum absolute atomic E-state index is 0.562. The van der Waals surface area contributed by atoms with Crippen LogP contribution in [0.1, 0.15) is 55.4 Å². The van der Waals surface area contributed by atoms with Gasteiger partial charge < -0.3 is 5.32 Å². The molecular weight excluding hydrogens is 264 g/mol. The molecule has 0 aliphatic heterocycles. The van der Waals surface area contributed by atoms with E-state index in [4.69, 9.17) is 0 Å². The first-order valence-electron chi connectivity index (χ1n) is 8.12. The number of aryl methyl sites for hydroxylation is 1. The Morgan fingerprint density at radius 1 is 1.40 bits per heavy atom. The highest BCUT2D eigenvalue weighted by atomic mass is 32.1. The SMILES string of the molecule is CCN(Cc1cc(CNC(C)C)sc1C)CC1CCC1. The van der Waals surface area contributed by atoms with Crippen molar-refractivity contribution in [1.29, 1.82) is 0 Å². The molecule has 1 aromatic rings. The van der Waals surface area contributed by atoms with Crippen molar-refractivity contribution in [3.63, 3.8) is 0 Å². The first-order valence-corrected chi connectivity index (χ1v) is 8.94. The first-order chi connectivity index (χ1) is 9.58. The van der Waals surface area contributed by atoms with Crippen molar-refractivity contribution in [3.05, 3.63) is 21.4 Å². The molecular formula is C17H30N2S. The second kappa shape index (κ2) is 7.58. The van der Waals surface area contributed by atoms with Gasteiger partial charge in [-0.2, -0.15) is 0 Å². The van der Waals surface area contributed by atoms with Gasteiger partial charge in [0.2, 0.25) is 0 Å². The first kappa shape index (κ1) is 16.0. The van der Waals surface area contributed by atoms with Crippen LogP contribution in [-0.4, -0.2) is 24.0 Å². The minimum atomic E-state index is 0.562. The third-order valence-corrected chi connectivity index (χ3v) is 5.43. The summed E-state index contributed by atoms with van der Waals surface area (Å²) < 4.78 is 0. The molecule has 2 rings (SSSR count). The van der Waals surface area contributed by atoms with E-state index in [0.29, 0.717) is 6.04 Å². The van der Waals surface area contributed by atoms with E-state index in [1.54, 1.807) is 0 Å². The maximum Gasteiger partial charge on any atom is 0.0302 e. The number of thiophene rings is 1. The lowest BCUT2D eigenvalue weighted by Gasteiger charge is -2.31. The van der Waals surface area contributed by atoms with Crippen LogP contribution in [-0.2, 0) is 13.1 Å². The fraction of sp³-hybridized carbons (Fsp3) is 0.765. The van der Waals surface area contributed by atoms with Crippen molar-refractivity contribution >= 4 is 11.3 Å². The van der Waals surface area contributed by atoms with Crippen LogP contribution in [0.3, 0.4) is 0 Å². The summed E-state index contributed by atoms with van der Waals surface area (Å²) in [5.74, 6) is 0.968. The second-order valence-corrected chi connectivity index (χ2v) is 7.80. The Kier molecular flexibility index (Phi) is 6.06. The Labute approximate surface area is 128 Å². The van der Waals surface area contributed by atoms with Gasteiger partial charge in [0.15, 0.2) is 0 Å². The molecule has 1 fully saturated rings. The monoisotopic (exact) mass is 294 g/mol. The molecule has 1 aromatic heterocycles. The fourth-order valence-corrected chi connectivity index (χ4v) is 3.73. The highest BCUT2D eigenvalue weighted by Gasteiger charge is 2.20. The summed E-state index contributed by atoms with van der Waals surface area (Å²) >= 11 is 1.96. The molecule has 2 nitrogen and oxygen atoms in total. The molecule has 0 aromatic carbocycles.